The molecule has 1 aliphatic heterocycles. The summed E-state index contributed by atoms with van der Waals surface area (Å²) >= 11 is 0. The zero-order chi connectivity index (χ0) is 14.7. The molecule has 106 valence electrons. The number of aliphatic hydroxyl groups excluding tert-OH is 1. The average molecular weight is 275 g/mol. The fourth-order valence-corrected chi connectivity index (χ4v) is 1.72. The summed E-state index contributed by atoms with van der Waals surface area (Å²) in [6, 6.07) is 0. The minimum Gasteiger partial charge on any atom is -0.395 e. The first kappa shape index (κ1) is 14.1. The Balaban J connectivity index is 2.18. The van der Waals surface area contributed by atoms with Crippen LogP contribution in [0, 0.1) is 0 Å². The maximum Gasteiger partial charge on any atom is 0.277 e. The number of carbonyl (C=O) groups excluding carboxylic acids is 1. The molecule has 0 aliphatic carbocycles. The molecule has 0 spiro atoms. The van der Waals surface area contributed by atoms with E-state index in [0.717, 1.165) is 0 Å². The molecule has 2 rings (SSSR count). The van der Waals surface area contributed by atoms with Gasteiger partial charge in [-0.15, -0.1) is 0 Å². The summed E-state index contributed by atoms with van der Waals surface area (Å²) in [5.74, 6) is 1.06. The van der Waals surface area contributed by atoms with Gasteiger partial charge >= 0.3 is 0 Å². The summed E-state index contributed by atoms with van der Waals surface area (Å²) in [6.07, 6.45) is 4.91. The number of likely N-dealkylation sites (N-methyl/N-ethyl adjacent to an activating group) is 2. The lowest BCUT2D eigenvalue weighted by molar-refractivity contribution is -0.121. The molecule has 2 heterocycles. The normalized spacial score (nSPS) is 16.8. The molecule has 0 unspecified atom stereocenters. The minimum atomic E-state index is -0.135. The van der Waals surface area contributed by atoms with Gasteiger partial charge < -0.3 is 10.0 Å². The first-order chi connectivity index (χ1) is 9.52. The van der Waals surface area contributed by atoms with Crippen LogP contribution in [0.2, 0.25) is 0 Å². The van der Waals surface area contributed by atoms with Gasteiger partial charge in [0.2, 0.25) is 5.95 Å². The highest BCUT2D eigenvalue weighted by atomic mass is 16.3. The summed E-state index contributed by atoms with van der Waals surface area (Å²) in [5, 5.41) is 8.86. The average Bonchev–Trinajstić information content (AvgIpc) is 2.67. The Morgan fingerprint density at radius 3 is 2.55 bits per heavy atom. The third-order valence-corrected chi connectivity index (χ3v) is 3.03. The van der Waals surface area contributed by atoms with Crippen molar-refractivity contribution in [3.63, 3.8) is 0 Å². The summed E-state index contributed by atoms with van der Waals surface area (Å²) in [7, 11) is 3.48. The molecule has 1 amide bonds. The van der Waals surface area contributed by atoms with Crippen LogP contribution in [-0.2, 0) is 4.79 Å². The van der Waals surface area contributed by atoms with E-state index in [4.69, 9.17) is 5.11 Å². The number of carbonyl (C=O) groups is 1. The lowest BCUT2D eigenvalue weighted by atomic mass is 10.2. The summed E-state index contributed by atoms with van der Waals surface area (Å²) in [6.45, 7) is 2.29. The number of amides is 1. The van der Waals surface area contributed by atoms with Crippen molar-refractivity contribution in [3.8, 4) is 0 Å². The molecule has 1 aliphatic rings. The molecule has 20 heavy (non-hydrogen) atoms. The predicted molar refractivity (Wildman–Crippen MR) is 76.2 cm³/mol. The van der Waals surface area contributed by atoms with Crippen molar-refractivity contribution in [2.75, 3.05) is 32.1 Å². The van der Waals surface area contributed by atoms with E-state index in [2.05, 4.69) is 15.0 Å². The van der Waals surface area contributed by atoms with E-state index in [1.807, 2.05) is 0 Å². The molecule has 1 aromatic rings. The Bertz CT molecular complexity index is 565. The van der Waals surface area contributed by atoms with E-state index in [9.17, 15) is 4.79 Å². The first-order valence-electron chi connectivity index (χ1n) is 6.22. The molecule has 1 aromatic heterocycles. The van der Waals surface area contributed by atoms with E-state index in [0.29, 0.717) is 29.6 Å². The van der Waals surface area contributed by atoms with Crippen LogP contribution in [0.4, 0.5) is 5.95 Å². The third kappa shape index (κ3) is 2.83. The second kappa shape index (κ2) is 5.79. The van der Waals surface area contributed by atoms with Crippen molar-refractivity contribution in [2.45, 2.75) is 6.92 Å². The fourth-order valence-electron chi connectivity index (χ4n) is 1.72. The van der Waals surface area contributed by atoms with Crippen molar-refractivity contribution in [3.05, 3.63) is 23.7 Å². The van der Waals surface area contributed by atoms with E-state index < -0.39 is 0 Å². The Morgan fingerprint density at radius 1 is 1.40 bits per heavy atom. The van der Waals surface area contributed by atoms with Gasteiger partial charge in [-0.1, -0.05) is 0 Å². The van der Waals surface area contributed by atoms with Gasteiger partial charge in [-0.25, -0.2) is 15.0 Å². The predicted octanol–water partition coefficient (Wildman–Crippen LogP) is 0.136. The van der Waals surface area contributed by atoms with Crippen LogP contribution in [0.3, 0.4) is 0 Å². The van der Waals surface area contributed by atoms with E-state index in [-0.39, 0.29) is 12.5 Å². The van der Waals surface area contributed by atoms with Crippen LogP contribution >= 0.6 is 0 Å². The van der Waals surface area contributed by atoms with Gasteiger partial charge in [0.05, 0.1) is 6.61 Å². The monoisotopic (exact) mass is 275 g/mol. The lowest BCUT2D eigenvalue weighted by Crippen LogP contribution is -2.25. The maximum atomic E-state index is 11.8. The van der Waals surface area contributed by atoms with Crippen molar-refractivity contribution < 1.29 is 9.90 Å². The van der Waals surface area contributed by atoms with E-state index >= 15 is 0 Å². The zero-order valence-corrected chi connectivity index (χ0v) is 11.7. The van der Waals surface area contributed by atoms with E-state index in [1.165, 1.54) is 4.90 Å². The van der Waals surface area contributed by atoms with Crippen molar-refractivity contribution in [1.29, 1.82) is 0 Å². The number of aliphatic imine (C=N–C) groups is 1. The molecule has 0 saturated carbocycles. The summed E-state index contributed by atoms with van der Waals surface area (Å²) in [5.41, 5.74) is 1.09. The third-order valence-electron chi connectivity index (χ3n) is 3.03. The van der Waals surface area contributed by atoms with E-state index in [1.54, 1.807) is 44.4 Å². The number of rotatable bonds is 4. The quantitative estimate of drug-likeness (QED) is 0.790. The number of hydrogen-bond donors (Lipinski definition) is 1. The largest absolute Gasteiger partial charge is 0.395 e. The smallest absolute Gasteiger partial charge is 0.277 e. The van der Waals surface area contributed by atoms with Gasteiger partial charge in [0, 0.05) is 38.6 Å². The van der Waals surface area contributed by atoms with Crippen molar-refractivity contribution >= 4 is 23.8 Å². The molecule has 7 heteroatoms. The number of aromatic nitrogens is 2. The Labute approximate surface area is 117 Å². The molecular formula is C13H17N5O2. The van der Waals surface area contributed by atoms with Gasteiger partial charge in [-0.3, -0.25) is 9.69 Å². The summed E-state index contributed by atoms with van der Waals surface area (Å²) < 4.78 is 0. The second-order valence-electron chi connectivity index (χ2n) is 4.51. The van der Waals surface area contributed by atoms with Gasteiger partial charge in [0.15, 0.2) is 0 Å². The Hall–Kier alpha value is -2.28. The number of amidine groups is 1. The van der Waals surface area contributed by atoms with Gasteiger partial charge in [0.1, 0.15) is 11.5 Å². The Kier molecular flexibility index (Phi) is 4.09. The highest BCUT2D eigenvalue weighted by Gasteiger charge is 2.23. The van der Waals surface area contributed by atoms with Crippen LogP contribution in [0.5, 0.6) is 0 Å². The number of hydrogen-bond acceptors (Lipinski definition) is 6. The molecule has 0 atom stereocenters. The molecule has 0 radical (unpaired) electrons. The Morgan fingerprint density at radius 2 is 2.05 bits per heavy atom. The molecular weight excluding hydrogens is 258 g/mol. The van der Waals surface area contributed by atoms with Gasteiger partial charge in [-0.2, -0.15) is 0 Å². The molecule has 0 saturated heterocycles. The molecule has 0 aromatic carbocycles. The van der Waals surface area contributed by atoms with Crippen molar-refractivity contribution in [1.82, 2.24) is 14.9 Å². The molecule has 0 bridgehead atoms. The standard InChI is InChI=1S/C13H17N5O2/c1-9-16-11(12(20)18(9)3)6-10-7-14-13(15-8-10)17(2)4-5-19/h6-8,19H,4-5H2,1-3H3/b11-6-. The number of nitrogens with zero attached hydrogens (tertiary/aromatic N) is 5. The van der Waals surface area contributed by atoms with Crippen LogP contribution in [0.1, 0.15) is 12.5 Å². The van der Waals surface area contributed by atoms with Crippen molar-refractivity contribution in [2.24, 2.45) is 4.99 Å². The first-order valence-corrected chi connectivity index (χ1v) is 6.22. The highest BCUT2D eigenvalue weighted by molar-refractivity contribution is 6.13. The van der Waals surface area contributed by atoms with Gasteiger partial charge in [0.25, 0.3) is 5.91 Å². The van der Waals surface area contributed by atoms with Crippen LogP contribution in [0.25, 0.3) is 6.08 Å². The number of anilines is 1. The highest BCUT2D eigenvalue weighted by Crippen LogP contribution is 2.16. The van der Waals surface area contributed by atoms with Gasteiger partial charge in [-0.05, 0) is 13.0 Å². The number of aliphatic hydroxyl groups is 1. The van der Waals surface area contributed by atoms with Crippen LogP contribution in [0.15, 0.2) is 23.1 Å². The van der Waals surface area contributed by atoms with Crippen LogP contribution in [-0.4, -0.2) is 59.0 Å². The maximum absolute atomic E-state index is 11.8. The SMILES string of the molecule is CC1=N/C(=C\c2cnc(N(C)CCO)nc2)C(=O)N1C. The lowest BCUT2D eigenvalue weighted by Gasteiger charge is -2.14. The molecule has 7 nitrogen and oxygen atoms in total. The zero-order valence-electron chi connectivity index (χ0n) is 11.7. The molecule has 1 N–H and O–H groups in total. The van der Waals surface area contributed by atoms with Crippen LogP contribution < -0.4 is 4.90 Å². The minimum absolute atomic E-state index is 0.0422. The molecule has 0 fully saturated rings. The summed E-state index contributed by atoms with van der Waals surface area (Å²) in [4.78, 5) is 27.7. The fraction of sp³-hybridized carbons (Fsp3) is 0.385. The topological polar surface area (TPSA) is 81.9 Å². The second-order valence-corrected chi connectivity index (χ2v) is 4.51.